The Morgan fingerprint density at radius 2 is 1.74 bits per heavy atom. The van der Waals surface area contributed by atoms with Crippen LogP contribution in [-0.2, 0) is 6.18 Å². The number of fused-ring (bicyclic) bond motifs is 1. The Bertz CT molecular complexity index is 1420. The summed E-state index contributed by atoms with van der Waals surface area (Å²) >= 11 is 0. The molecule has 0 saturated carbocycles. The highest BCUT2D eigenvalue weighted by molar-refractivity contribution is 6.05. The van der Waals surface area contributed by atoms with E-state index in [-0.39, 0.29) is 16.9 Å². The van der Waals surface area contributed by atoms with Gasteiger partial charge in [0.1, 0.15) is 5.82 Å². The number of benzene rings is 3. The molecule has 1 aromatic heterocycles. The lowest BCUT2D eigenvalue weighted by Gasteiger charge is -2.12. The van der Waals surface area contributed by atoms with E-state index < -0.39 is 22.6 Å². The van der Waals surface area contributed by atoms with Crippen molar-refractivity contribution in [3.05, 3.63) is 99.6 Å². The zero-order valence-electron chi connectivity index (χ0n) is 17.7. The molecule has 0 aliphatic carbocycles. The second kappa shape index (κ2) is 8.81. The van der Waals surface area contributed by atoms with Crippen LogP contribution in [0.15, 0.2) is 72.8 Å². The number of pyridine rings is 1. The number of carbonyl (C=O) groups is 1. The van der Waals surface area contributed by atoms with Gasteiger partial charge in [-0.15, -0.1) is 0 Å². The van der Waals surface area contributed by atoms with Gasteiger partial charge < -0.3 is 10.6 Å². The number of nitrogens with one attached hydrogen (secondary N) is 2. The first kappa shape index (κ1) is 22.7. The number of carbonyl (C=O) groups excluding carboxylic acids is 1. The zero-order valence-corrected chi connectivity index (χ0v) is 17.7. The molecule has 0 unspecified atom stereocenters. The normalized spacial score (nSPS) is 11.3. The number of anilines is 3. The van der Waals surface area contributed by atoms with Crippen LogP contribution in [0.25, 0.3) is 10.9 Å². The van der Waals surface area contributed by atoms with E-state index in [1.165, 1.54) is 36.4 Å². The summed E-state index contributed by atoms with van der Waals surface area (Å²) in [5.41, 5.74) is 1.26. The highest BCUT2D eigenvalue weighted by Crippen LogP contribution is 2.32. The van der Waals surface area contributed by atoms with Gasteiger partial charge >= 0.3 is 6.18 Å². The quantitative estimate of drug-likeness (QED) is 0.260. The maximum absolute atomic E-state index is 13.0. The number of non-ortho nitro benzene ring substituents is 1. The molecule has 3 aromatic carbocycles. The van der Waals surface area contributed by atoms with Gasteiger partial charge in [0.05, 0.1) is 16.0 Å². The monoisotopic (exact) mass is 466 g/mol. The Balaban J connectivity index is 1.57. The first-order chi connectivity index (χ1) is 16.1. The van der Waals surface area contributed by atoms with Gasteiger partial charge in [0.15, 0.2) is 0 Å². The second-order valence-corrected chi connectivity index (χ2v) is 7.52. The van der Waals surface area contributed by atoms with Crippen molar-refractivity contribution in [2.75, 3.05) is 10.6 Å². The number of aromatic nitrogens is 1. The van der Waals surface area contributed by atoms with Gasteiger partial charge in [-0.3, -0.25) is 14.9 Å². The fourth-order valence-corrected chi connectivity index (χ4v) is 3.42. The Morgan fingerprint density at radius 3 is 2.47 bits per heavy atom. The van der Waals surface area contributed by atoms with Crippen molar-refractivity contribution in [2.24, 2.45) is 0 Å². The maximum atomic E-state index is 13.0. The van der Waals surface area contributed by atoms with Crippen LogP contribution < -0.4 is 10.6 Å². The van der Waals surface area contributed by atoms with Crippen molar-refractivity contribution in [3.8, 4) is 0 Å². The van der Waals surface area contributed by atoms with Crippen LogP contribution in [0.1, 0.15) is 21.5 Å². The molecule has 34 heavy (non-hydrogen) atoms. The average molecular weight is 466 g/mol. The summed E-state index contributed by atoms with van der Waals surface area (Å²) in [6.45, 7) is 1.81. The van der Waals surface area contributed by atoms with Gasteiger partial charge in [-0.25, -0.2) is 4.98 Å². The Kier molecular flexibility index (Phi) is 5.89. The van der Waals surface area contributed by atoms with Crippen molar-refractivity contribution in [1.82, 2.24) is 4.98 Å². The minimum Gasteiger partial charge on any atom is -0.340 e. The molecule has 0 bridgehead atoms. The maximum Gasteiger partial charge on any atom is 0.416 e. The molecule has 4 aromatic rings. The number of nitro benzene ring substituents is 1. The van der Waals surface area contributed by atoms with Gasteiger partial charge in [0.25, 0.3) is 11.6 Å². The van der Waals surface area contributed by atoms with Crippen molar-refractivity contribution in [3.63, 3.8) is 0 Å². The van der Waals surface area contributed by atoms with Gasteiger partial charge in [-0.1, -0.05) is 12.1 Å². The number of nitro groups is 1. The smallest absolute Gasteiger partial charge is 0.340 e. The molecule has 7 nitrogen and oxygen atoms in total. The average Bonchev–Trinajstić information content (AvgIpc) is 2.79. The third kappa shape index (κ3) is 4.96. The summed E-state index contributed by atoms with van der Waals surface area (Å²) in [6, 6.07) is 16.9. The summed E-state index contributed by atoms with van der Waals surface area (Å²) < 4.78 is 38.9. The number of halogens is 3. The third-order valence-corrected chi connectivity index (χ3v) is 5.05. The fourth-order valence-electron chi connectivity index (χ4n) is 3.42. The van der Waals surface area contributed by atoms with Crippen LogP contribution in [0, 0.1) is 17.0 Å². The predicted octanol–water partition coefficient (Wildman–Crippen LogP) is 6.47. The van der Waals surface area contributed by atoms with E-state index in [9.17, 15) is 28.1 Å². The van der Waals surface area contributed by atoms with E-state index in [4.69, 9.17) is 0 Å². The Morgan fingerprint density at radius 1 is 0.971 bits per heavy atom. The SMILES string of the molecule is Cc1cc(Nc2cccc(C(F)(F)F)c2)nc2ccc(NC(=O)c3cccc([N+](=O)[O-])c3)cc12. The summed E-state index contributed by atoms with van der Waals surface area (Å²) in [4.78, 5) is 27.3. The van der Waals surface area contributed by atoms with E-state index >= 15 is 0 Å². The molecule has 0 radical (unpaired) electrons. The van der Waals surface area contributed by atoms with Crippen LogP contribution in [0.4, 0.5) is 36.1 Å². The third-order valence-electron chi connectivity index (χ3n) is 5.05. The second-order valence-electron chi connectivity index (χ2n) is 7.52. The van der Waals surface area contributed by atoms with Crippen molar-refractivity contribution >= 4 is 39.7 Å². The molecule has 0 spiro atoms. The topological polar surface area (TPSA) is 97.2 Å². The number of nitrogens with zero attached hydrogens (tertiary/aromatic N) is 2. The van der Waals surface area contributed by atoms with Crippen LogP contribution >= 0.6 is 0 Å². The number of alkyl halides is 3. The first-order valence-corrected chi connectivity index (χ1v) is 10.0. The standard InChI is InChI=1S/C24H17F3N4O3/c1-14-10-22(28-17-6-3-5-16(12-17)24(25,26)27)30-21-9-8-18(13-20(14)21)29-23(32)15-4-2-7-19(11-15)31(33)34/h2-13H,1H3,(H,28,30)(H,29,32). The number of aryl methyl sites for hydroxylation is 1. The summed E-state index contributed by atoms with van der Waals surface area (Å²) in [5.74, 6) is -0.130. The lowest BCUT2D eigenvalue weighted by molar-refractivity contribution is -0.384. The van der Waals surface area contributed by atoms with Crippen molar-refractivity contribution in [2.45, 2.75) is 13.1 Å². The van der Waals surface area contributed by atoms with Crippen LogP contribution in [-0.4, -0.2) is 15.8 Å². The molecule has 0 aliphatic rings. The lowest BCUT2D eigenvalue weighted by atomic mass is 10.1. The van der Waals surface area contributed by atoms with Gasteiger partial charge in [-0.2, -0.15) is 13.2 Å². The molecule has 1 amide bonds. The molecular formula is C24H17F3N4O3. The van der Waals surface area contributed by atoms with E-state index in [1.54, 1.807) is 24.3 Å². The molecule has 0 aliphatic heterocycles. The Hall–Kier alpha value is -4.47. The van der Waals surface area contributed by atoms with Gasteiger partial charge in [0.2, 0.25) is 0 Å². The predicted molar refractivity (Wildman–Crippen MR) is 122 cm³/mol. The summed E-state index contributed by atoms with van der Waals surface area (Å²) in [6.07, 6.45) is -4.45. The van der Waals surface area contributed by atoms with Crippen molar-refractivity contribution in [1.29, 1.82) is 0 Å². The van der Waals surface area contributed by atoms with Crippen molar-refractivity contribution < 1.29 is 22.9 Å². The van der Waals surface area contributed by atoms with Crippen LogP contribution in [0.2, 0.25) is 0 Å². The summed E-state index contributed by atoms with van der Waals surface area (Å²) in [7, 11) is 0. The molecule has 0 saturated heterocycles. The van der Waals surface area contributed by atoms with Crippen LogP contribution in [0.3, 0.4) is 0 Å². The minimum absolute atomic E-state index is 0.143. The largest absolute Gasteiger partial charge is 0.416 e. The molecule has 2 N–H and O–H groups in total. The number of amides is 1. The van der Waals surface area contributed by atoms with E-state index in [2.05, 4.69) is 15.6 Å². The van der Waals surface area contributed by atoms with E-state index in [0.29, 0.717) is 17.0 Å². The molecule has 10 heteroatoms. The summed E-state index contributed by atoms with van der Waals surface area (Å²) in [5, 5.41) is 17.3. The minimum atomic E-state index is -4.45. The van der Waals surface area contributed by atoms with Gasteiger partial charge in [0, 0.05) is 34.5 Å². The Labute approximate surface area is 191 Å². The highest BCUT2D eigenvalue weighted by atomic mass is 19.4. The molecule has 4 rings (SSSR count). The van der Waals surface area contributed by atoms with Gasteiger partial charge in [-0.05, 0) is 61.0 Å². The first-order valence-electron chi connectivity index (χ1n) is 10.0. The highest BCUT2D eigenvalue weighted by Gasteiger charge is 2.30. The zero-order chi connectivity index (χ0) is 24.5. The van der Waals surface area contributed by atoms with E-state index in [0.717, 1.165) is 23.1 Å². The molecule has 172 valence electrons. The lowest BCUT2D eigenvalue weighted by Crippen LogP contribution is -2.12. The number of rotatable bonds is 5. The molecule has 0 atom stereocenters. The fraction of sp³-hybridized carbons (Fsp3) is 0.0833. The number of hydrogen-bond acceptors (Lipinski definition) is 5. The molecule has 1 heterocycles. The van der Waals surface area contributed by atoms with Crippen LogP contribution in [0.5, 0.6) is 0 Å². The van der Waals surface area contributed by atoms with E-state index in [1.807, 2.05) is 6.92 Å². The molecular weight excluding hydrogens is 449 g/mol. The number of hydrogen-bond donors (Lipinski definition) is 2. The molecule has 0 fully saturated rings.